The number of aryl methyl sites for hydroxylation is 2. The van der Waals surface area contributed by atoms with E-state index >= 15 is 0 Å². The molecule has 0 aliphatic rings. The van der Waals surface area contributed by atoms with Crippen LogP contribution >= 0.6 is 34.5 Å². The number of aromatic nitrogens is 1. The van der Waals surface area contributed by atoms with Crippen molar-refractivity contribution in [2.75, 3.05) is 5.32 Å². The van der Waals surface area contributed by atoms with Gasteiger partial charge in [-0.1, -0.05) is 23.2 Å². The summed E-state index contributed by atoms with van der Waals surface area (Å²) in [4.78, 5) is 5.60. The van der Waals surface area contributed by atoms with Gasteiger partial charge in [0.1, 0.15) is 5.01 Å². The van der Waals surface area contributed by atoms with Crippen molar-refractivity contribution in [1.82, 2.24) is 4.98 Å². The molecule has 0 fully saturated rings. The van der Waals surface area contributed by atoms with Gasteiger partial charge in [-0.3, -0.25) is 0 Å². The fourth-order valence-electron chi connectivity index (χ4n) is 1.45. The van der Waals surface area contributed by atoms with Crippen molar-refractivity contribution in [2.24, 2.45) is 0 Å². The fraction of sp³-hybridized carbons (Fsp3) is 0.250. The molecule has 18 heavy (non-hydrogen) atoms. The second-order valence-electron chi connectivity index (χ2n) is 3.86. The van der Waals surface area contributed by atoms with Crippen LogP contribution < -0.4 is 5.32 Å². The first-order chi connectivity index (χ1) is 8.47. The molecule has 1 heterocycles. The minimum atomic E-state index is -0.593. The third kappa shape index (κ3) is 2.94. The molecule has 2 nitrogen and oxygen atoms in total. The van der Waals surface area contributed by atoms with Gasteiger partial charge in [0, 0.05) is 10.6 Å². The lowest BCUT2D eigenvalue weighted by atomic mass is 10.3. The standard InChI is InChI=1S/C12H11Cl2FN2S/c1-6-7(2)18-11(17-6)5-16-8-3-9(13)12(15)10(14)4-8/h3-4,16H,5H2,1-2H3. The number of rotatable bonds is 3. The summed E-state index contributed by atoms with van der Waals surface area (Å²) in [5.74, 6) is -0.593. The number of halogens is 3. The highest BCUT2D eigenvalue weighted by Crippen LogP contribution is 2.28. The first-order valence-electron chi connectivity index (χ1n) is 5.28. The van der Waals surface area contributed by atoms with E-state index in [1.54, 1.807) is 11.3 Å². The zero-order valence-electron chi connectivity index (χ0n) is 9.85. The van der Waals surface area contributed by atoms with Crippen molar-refractivity contribution in [2.45, 2.75) is 20.4 Å². The average Bonchev–Trinajstić information content (AvgIpc) is 2.63. The largest absolute Gasteiger partial charge is 0.378 e. The van der Waals surface area contributed by atoms with Crippen LogP contribution in [0.4, 0.5) is 10.1 Å². The van der Waals surface area contributed by atoms with E-state index in [2.05, 4.69) is 10.3 Å². The summed E-state index contributed by atoms with van der Waals surface area (Å²) in [6.07, 6.45) is 0. The van der Waals surface area contributed by atoms with Gasteiger partial charge in [0.15, 0.2) is 5.82 Å². The maximum absolute atomic E-state index is 13.2. The summed E-state index contributed by atoms with van der Waals surface area (Å²) in [6, 6.07) is 3.02. The van der Waals surface area contributed by atoms with Gasteiger partial charge in [-0.2, -0.15) is 0 Å². The molecular formula is C12H11Cl2FN2S. The molecule has 1 N–H and O–H groups in total. The zero-order chi connectivity index (χ0) is 13.3. The number of hydrogen-bond acceptors (Lipinski definition) is 3. The molecule has 0 amide bonds. The molecule has 0 saturated carbocycles. The van der Waals surface area contributed by atoms with Crippen molar-refractivity contribution in [3.63, 3.8) is 0 Å². The summed E-state index contributed by atoms with van der Waals surface area (Å²) in [5, 5.41) is 4.12. The van der Waals surface area contributed by atoms with Crippen LogP contribution in [0.5, 0.6) is 0 Å². The van der Waals surface area contributed by atoms with Gasteiger partial charge >= 0.3 is 0 Å². The van der Waals surface area contributed by atoms with Gasteiger partial charge in [0.25, 0.3) is 0 Å². The molecule has 0 saturated heterocycles. The number of thiazole rings is 1. The SMILES string of the molecule is Cc1nc(CNc2cc(Cl)c(F)c(Cl)c2)sc1C. The van der Waals surface area contributed by atoms with Crippen LogP contribution in [0.1, 0.15) is 15.6 Å². The summed E-state index contributed by atoms with van der Waals surface area (Å²) < 4.78 is 13.2. The third-order valence-corrected chi connectivity index (χ3v) is 4.12. The predicted molar refractivity (Wildman–Crippen MR) is 75.3 cm³/mol. The normalized spacial score (nSPS) is 10.7. The van der Waals surface area contributed by atoms with Gasteiger partial charge in [0.2, 0.25) is 0 Å². The Bertz CT molecular complexity index is 541. The first kappa shape index (κ1) is 13.6. The molecule has 0 radical (unpaired) electrons. The number of hydrogen-bond donors (Lipinski definition) is 1. The van der Waals surface area contributed by atoms with Crippen LogP contribution in [0.3, 0.4) is 0 Å². The molecule has 0 atom stereocenters. The zero-order valence-corrected chi connectivity index (χ0v) is 12.2. The van der Waals surface area contributed by atoms with E-state index < -0.39 is 5.82 Å². The lowest BCUT2D eigenvalue weighted by Crippen LogP contribution is -1.99. The van der Waals surface area contributed by atoms with Crippen LogP contribution in [0.2, 0.25) is 10.0 Å². The molecule has 0 aliphatic carbocycles. The Morgan fingerprint density at radius 1 is 1.28 bits per heavy atom. The van der Waals surface area contributed by atoms with Crippen LogP contribution in [0.25, 0.3) is 0 Å². The minimum absolute atomic E-state index is 0.0106. The van der Waals surface area contributed by atoms with Crippen molar-refractivity contribution in [3.05, 3.63) is 43.6 Å². The van der Waals surface area contributed by atoms with Crippen molar-refractivity contribution >= 4 is 40.2 Å². The maximum Gasteiger partial charge on any atom is 0.160 e. The fourth-order valence-corrected chi connectivity index (χ4v) is 2.81. The quantitative estimate of drug-likeness (QED) is 0.823. The number of nitrogens with zero attached hydrogens (tertiary/aromatic N) is 1. The molecule has 2 rings (SSSR count). The Hall–Kier alpha value is -0.840. The monoisotopic (exact) mass is 304 g/mol. The van der Waals surface area contributed by atoms with E-state index in [9.17, 15) is 4.39 Å². The smallest absolute Gasteiger partial charge is 0.160 e. The summed E-state index contributed by atoms with van der Waals surface area (Å²) in [7, 11) is 0. The van der Waals surface area contributed by atoms with Gasteiger partial charge in [-0.05, 0) is 26.0 Å². The molecule has 1 aromatic carbocycles. The Morgan fingerprint density at radius 2 is 1.89 bits per heavy atom. The second-order valence-corrected chi connectivity index (χ2v) is 5.96. The lowest BCUT2D eigenvalue weighted by Gasteiger charge is -2.06. The van der Waals surface area contributed by atoms with Gasteiger partial charge in [0.05, 0.1) is 22.3 Å². The predicted octanol–water partition coefficient (Wildman–Crippen LogP) is 4.82. The molecule has 0 unspecified atom stereocenters. The van der Waals surface area contributed by atoms with Crippen LogP contribution in [0.15, 0.2) is 12.1 Å². The first-order valence-corrected chi connectivity index (χ1v) is 6.86. The molecule has 0 bridgehead atoms. The van der Waals surface area contributed by atoms with Crippen LogP contribution in [-0.2, 0) is 6.54 Å². The van der Waals surface area contributed by atoms with Crippen molar-refractivity contribution in [3.8, 4) is 0 Å². The highest BCUT2D eigenvalue weighted by atomic mass is 35.5. The van der Waals surface area contributed by atoms with E-state index in [-0.39, 0.29) is 10.0 Å². The lowest BCUT2D eigenvalue weighted by molar-refractivity contribution is 0.629. The number of anilines is 1. The van der Waals surface area contributed by atoms with Crippen LogP contribution in [-0.4, -0.2) is 4.98 Å². The topological polar surface area (TPSA) is 24.9 Å². The molecule has 0 aliphatic heterocycles. The Balaban J connectivity index is 2.11. The van der Waals surface area contributed by atoms with Crippen molar-refractivity contribution in [1.29, 1.82) is 0 Å². The second kappa shape index (κ2) is 5.43. The summed E-state index contributed by atoms with van der Waals surface area (Å²) in [5.41, 5.74) is 1.71. The van der Waals surface area contributed by atoms with E-state index in [1.807, 2.05) is 13.8 Å². The summed E-state index contributed by atoms with van der Waals surface area (Å²) in [6.45, 7) is 4.57. The minimum Gasteiger partial charge on any atom is -0.378 e. The molecule has 0 spiro atoms. The maximum atomic E-state index is 13.2. The highest BCUT2D eigenvalue weighted by Gasteiger charge is 2.08. The van der Waals surface area contributed by atoms with Crippen LogP contribution in [0, 0.1) is 19.7 Å². The number of nitrogens with one attached hydrogen (secondary N) is 1. The Labute approximate surface area is 119 Å². The molecular weight excluding hydrogens is 294 g/mol. The van der Waals surface area contributed by atoms with E-state index in [4.69, 9.17) is 23.2 Å². The van der Waals surface area contributed by atoms with Gasteiger partial charge in [-0.25, -0.2) is 9.37 Å². The summed E-state index contributed by atoms with van der Waals surface area (Å²) >= 11 is 13.1. The van der Waals surface area contributed by atoms with Gasteiger partial charge < -0.3 is 5.32 Å². The third-order valence-electron chi connectivity index (χ3n) is 2.50. The van der Waals surface area contributed by atoms with E-state index in [0.717, 1.165) is 10.7 Å². The van der Waals surface area contributed by atoms with E-state index in [1.165, 1.54) is 17.0 Å². The Kier molecular flexibility index (Phi) is 4.10. The highest BCUT2D eigenvalue weighted by molar-refractivity contribution is 7.11. The average molecular weight is 305 g/mol. The Morgan fingerprint density at radius 3 is 2.39 bits per heavy atom. The molecule has 96 valence electrons. The molecule has 2 aromatic rings. The van der Waals surface area contributed by atoms with Gasteiger partial charge in [-0.15, -0.1) is 11.3 Å². The van der Waals surface area contributed by atoms with E-state index in [0.29, 0.717) is 12.2 Å². The molecule has 6 heteroatoms. The molecule has 1 aromatic heterocycles. The van der Waals surface area contributed by atoms with Crippen molar-refractivity contribution < 1.29 is 4.39 Å². The number of benzene rings is 1.